The lowest BCUT2D eigenvalue weighted by Gasteiger charge is -2.12. The first-order valence-electron chi connectivity index (χ1n) is 7.94. The molecule has 0 radical (unpaired) electrons. The van der Waals surface area contributed by atoms with Gasteiger partial charge in [0.25, 0.3) is 11.8 Å². The van der Waals surface area contributed by atoms with Gasteiger partial charge in [-0.15, -0.1) is 0 Å². The standard InChI is InChI=1S/C18H22N4O2/c1-3-6-12(2)21-18(24)16-10-9-13(11-20-16)17(23)22-15-8-5-4-7-14(15)19/h4-5,7-12H,3,6,19H2,1-2H3,(H,21,24)(H,22,23). The van der Waals surface area contributed by atoms with Crippen molar-refractivity contribution in [3.63, 3.8) is 0 Å². The first-order chi connectivity index (χ1) is 11.5. The maximum absolute atomic E-state index is 12.2. The highest BCUT2D eigenvalue weighted by atomic mass is 16.2. The first-order valence-corrected chi connectivity index (χ1v) is 7.94. The summed E-state index contributed by atoms with van der Waals surface area (Å²) in [6.07, 6.45) is 3.29. The van der Waals surface area contributed by atoms with Crippen molar-refractivity contribution in [1.82, 2.24) is 10.3 Å². The van der Waals surface area contributed by atoms with Gasteiger partial charge < -0.3 is 16.4 Å². The number of pyridine rings is 1. The summed E-state index contributed by atoms with van der Waals surface area (Å²) in [4.78, 5) is 28.3. The Morgan fingerprint density at radius 3 is 2.54 bits per heavy atom. The smallest absolute Gasteiger partial charge is 0.270 e. The number of aromatic nitrogens is 1. The number of nitrogens with one attached hydrogen (secondary N) is 2. The Kier molecular flexibility index (Phi) is 5.89. The lowest BCUT2D eigenvalue weighted by molar-refractivity contribution is 0.0931. The summed E-state index contributed by atoms with van der Waals surface area (Å²) in [7, 11) is 0. The van der Waals surface area contributed by atoms with Crippen molar-refractivity contribution in [1.29, 1.82) is 0 Å². The van der Waals surface area contributed by atoms with Crippen LogP contribution in [0.2, 0.25) is 0 Å². The molecule has 6 heteroatoms. The van der Waals surface area contributed by atoms with E-state index < -0.39 is 0 Å². The van der Waals surface area contributed by atoms with Crippen molar-refractivity contribution in [2.45, 2.75) is 32.7 Å². The van der Waals surface area contributed by atoms with Gasteiger partial charge in [-0.25, -0.2) is 0 Å². The highest BCUT2D eigenvalue weighted by molar-refractivity contribution is 6.05. The molecule has 1 aromatic heterocycles. The third-order valence-electron chi connectivity index (χ3n) is 3.57. The van der Waals surface area contributed by atoms with Crippen molar-refractivity contribution in [2.24, 2.45) is 0 Å². The van der Waals surface area contributed by atoms with Crippen LogP contribution in [0.3, 0.4) is 0 Å². The summed E-state index contributed by atoms with van der Waals surface area (Å²) in [6, 6.07) is 10.2. The number of anilines is 2. The molecule has 0 fully saturated rings. The fraction of sp³-hybridized carbons (Fsp3) is 0.278. The van der Waals surface area contributed by atoms with Gasteiger partial charge in [0.15, 0.2) is 0 Å². The van der Waals surface area contributed by atoms with E-state index in [4.69, 9.17) is 5.73 Å². The summed E-state index contributed by atoms with van der Waals surface area (Å²) < 4.78 is 0. The second kappa shape index (κ2) is 8.10. The molecule has 0 aliphatic rings. The topological polar surface area (TPSA) is 97.1 Å². The summed E-state index contributed by atoms with van der Waals surface area (Å²) in [5.74, 6) is -0.568. The third kappa shape index (κ3) is 4.55. The number of hydrogen-bond acceptors (Lipinski definition) is 4. The first kappa shape index (κ1) is 17.5. The largest absolute Gasteiger partial charge is 0.397 e. The van der Waals surface area contributed by atoms with Gasteiger partial charge in [-0.05, 0) is 37.6 Å². The molecule has 2 aromatic rings. The second-order valence-corrected chi connectivity index (χ2v) is 5.64. The van der Waals surface area contributed by atoms with Crippen LogP contribution in [0.5, 0.6) is 0 Å². The number of nitrogen functional groups attached to an aromatic ring is 1. The number of nitrogens with zero attached hydrogens (tertiary/aromatic N) is 1. The van der Waals surface area contributed by atoms with Gasteiger partial charge in [0.2, 0.25) is 0 Å². The molecule has 1 aromatic carbocycles. The van der Waals surface area contributed by atoms with E-state index in [0.29, 0.717) is 16.9 Å². The minimum absolute atomic E-state index is 0.0910. The predicted molar refractivity (Wildman–Crippen MR) is 94.9 cm³/mol. The number of para-hydroxylation sites is 2. The van der Waals surface area contributed by atoms with Crippen LogP contribution in [0, 0.1) is 0 Å². The predicted octanol–water partition coefficient (Wildman–Crippen LogP) is 2.83. The molecule has 4 N–H and O–H groups in total. The Balaban J connectivity index is 2.02. The zero-order chi connectivity index (χ0) is 17.5. The monoisotopic (exact) mass is 326 g/mol. The van der Waals surface area contributed by atoms with Gasteiger partial charge in [0.1, 0.15) is 5.69 Å². The van der Waals surface area contributed by atoms with Crippen LogP contribution < -0.4 is 16.4 Å². The summed E-state index contributed by atoms with van der Waals surface area (Å²) >= 11 is 0. The van der Waals surface area contributed by atoms with Gasteiger partial charge in [-0.2, -0.15) is 0 Å². The van der Waals surface area contributed by atoms with Crippen molar-refractivity contribution < 1.29 is 9.59 Å². The SMILES string of the molecule is CCCC(C)NC(=O)c1ccc(C(=O)Nc2ccccc2N)cn1. The van der Waals surface area contributed by atoms with Crippen LogP contribution in [-0.4, -0.2) is 22.8 Å². The maximum Gasteiger partial charge on any atom is 0.270 e. The van der Waals surface area contributed by atoms with E-state index in [1.54, 1.807) is 30.3 Å². The zero-order valence-electron chi connectivity index (χ0n) is 13.9. The Hall–Kier alpha value is -2.89. The number of carbonyl (C=O) groups is 2. The molecule has 1 heterocycles. The van der Waals surface area contributed by atoms with Crippen LogP contribution in [0.15, 0.2) is 42.6 Å². The number of amides is 2. The molecule has 0 aliphatic carbocycles. The Morgan fingerprint density at radius 1 is 1.17 bits per heavy atom. The Labute approximate surface area is 141 Å². The lowest BCUT2D eigenvalue weighted by Crippen LogP contribution is -2.33. The van der Waals surface area contributed by atoms with Crippen LogP contribution in [-0.2, 0) is 0 Å². The molecule has 0 saturated carbocycles. The van der Waals surface area contributed by atoms with Gasteiger partial charge in [-0.1, -0.05) is 25.5 Å². The molecule has 1 atom stereocenters. The molecule has 2 amide bonds. The molecular weight excluding hydrogens is 304 g/mol. The average molecular weight is 326 g/mol. The highest BCUT2D eigenvalue weighted by Crippen LogP contribution is 2.17. The molecule has 0 saturated heterocycles. The van der Waals surface area contributed by atoms with Crippen LogP contribution in [0.4, 0.5) is 11.4 Å². The third-order valence-corrected chi connectivity index (χ3v) is 3.57. The number of hydrogen-bond donors (Lipinski definition) is 3. The number of rotatable bonds is 6. The maximum atomic E-state index is 12.2. The minimum atomic E-state index is -0.327. The summed E-state index contributed by atoms with van der Waals surface area (Å²) in [5, 5.41) is 5.59. The summed E-state index contributed by atoms with van der Waals surface area (Å²) in [6.45, 7) is 4.02. The summed E-state index contributed by atoms with van der Waals surface area (Å²) in [5.41, 5.74) is 7.47. The van der Waals surface area contributed by atoms with Crippen molar-refractivity contribution in [2.75, 3.05) is 11.1 Å². The Morgan fingerprint density at radius 2 is 1.92 bits per heavy atom. The van der Waals surface area contributed by atoms with Crippen molar-refractivity contribution in [3.05, 3.63) is 53.9 Å². The zero-order valence-corrected chi connectivity index (χ0v) is 13.9. The van der Waals surface area contributed by atoms with Crippen molar-refractivity contribution in [3.8, 4) is 0 Å². The fourth-order valence-electron chi connectivity index (χ4n) is 2.27. The fourth-order valence-corrected chi connectivity index (χ4v) is 2.27. The van der Waals surface area contributed by atoms with Crippen LogP contribution in [0.1, 0.15) is 47.5 Å². The molecule has 0 aliphatic heterocycles. The van der Waals surface area contributed by atoms with Gasteiger partial charge >= 0.3 is 0 Å². The second-order valence-electron chi connectivity index (χ2n) is 5.64. The van der Waals surface area contributed by atoms with E-state index in [2.05, 4.69) is 22.5 Å². The molecule has 0 spiro atoms. The number of nitrogens with two attached hydrogens (primary N) is 1. The minimum Gasteiger partial charge on any atom is -0.397 e. The van der Waals surface area contributed by atoms with Gasteiger partial charge in [0.05, 0.1) is 16.9 Å². The quantitative estimate of drug-likeness (QED) is 0.711. The van der Waals surface area contributed by atoms with Crippen LogP contribution >= 0.6 is 0 Å². The molecule has 126 valence electrons. The number of carbonyl (C=O) groups excluding carboxylic acids is 2. The molecule has 6 nitrogen and oxygen atoms in total. The Bertz CT molecular complexity index is 713. The van der Waals surface area contributed by atoms with E-state index in [9.17, 15) is 9.59 Å². The van der Waals surface area contributed by atoms with E-state index in [1.807, 2.05) is 6.92 Å². The van der Waals surface area contributed by atoms with E-state index in [1.165, 1.54) is 12.3 Å². The normalized spacial score (nSPS) is 11.6. The lowest BCUT2D eigenvalue weighted by atomic mass is 10.2. The molecule has 2 rings (SSSR count). The average Bonchev–Trinajstić information content (AvgIpc) is 2.57. The van der Waals surface area contributed by atoms with Gasteiger partial charge in [0, 0.05) is 12.2 Å². The molecule has 1 unspecified atom stereocenters. The van der Waals surface area contributed by atoms with E-state index in [-0.39, 0.29) is 23.6 Å². The van der Waals surface area contributed by atoms with Crippen molar-refractivity contribution >= 4 is 23.2 Å². The van der Waals surface area contributed by atoms with E-state index >= 15 is 0 Å². The molecule has 0 bridgehead atoms. The molecular formula is C18H22N4O2. The molecule has 24 heavy (non-hydrogen) atoms. The van der Waals surface area contributed by atoms with Crippen LogP contribution in [0.25, 0.3) is 0 Å². The highest BCUT2D eigenvalue weighted by Gasteiger charge is 2.13. The van der Waals surface area contributed by atoms with Gasteiger partial charge in [-0.3, -0.25) is 14.6 Å². The van der Waals surface area contributed by atoms with E-state index in [0.717, 1.165) is 12.8 Å². The number of benzene rings is 1.